The van der Waals surface area contributed by atoms with E-state index in [2.05, 4.69) is 11.3 Å². The van der Waals surface area contributed by atoms with Crippen LogP contribution in [0.2, 0.25) is 0 Å². The van der Waals surface area contributed by atoms with Gasteiger partial charge in [0.1, 0.15) is 11.9 Å². The van der Waals surface area contributed by atoms with Gasteiger partial charge in [-0.05, 0) is 6.08 Å². The molecule has 0 aliphatic rings. The van der Waals surface area contributed by atoms with Crippen LogP contribution in [0.3, 0.4) is 0 Å². The van der Waals surface area contributed by atoms with E-state index in [1.165, 1.54) is 0 Å². The fourth-order valence-corrected chi connectivity index (χ4v) is 1.66. The number of hydrogen-bond donors (Lipinski definition) is 2. The van der Waals surface area contributed by atoms with Crippen molar-refractivity contribution in [2.24, 2.45) is 0 Å². The molecule has 0 aromatic carbocycles. The highest BCUT2D eigenvalue weighted by Crippen LogP contribution is 2.04. The van der Waals surface area contributed by atoms with Gasteiger partial charge in [-0.2, -0.15) is 16.8 Å². The average molecular weight is 286 g/mol. The van der Waals surface area contributed by atoms with E-state index in [1.54, 1.807) is 0 Å². The second kappa shape index (κ2) is 5.91. The Morgan fingerprint density at radius 2 is 1.82 bits per heavy atom. The first kappa shape index (κ1) is 15.8. The molecule has 1 unspecified atom stereocenters. The number of esters is 1. The Morgan fingerprint density at radius 1 is 1.29 bits per heavy atom. The molecule has 10 heteroatoms. The molecule has 2 N–H and O–H groups in total. The van der Waals surface area contributed by atoms with Crippen LogP contribution in [0.1, 0.15) is 0 Å². The molecule has 0 spiro atoms. The topological polar surface area (TPSA) is 135 Å². The molecule has 0 rings (SSSR count). The zero-order valence-corrected chi connectivity index (χ0v) is 10.0. The molecule has 0 amide bonds. The van der Waals surface area contributed by atoms with E-state index in [0.29, 0.717) is 6.08 Å². The zero-order chi connectivity index (χ0) is 13.7. The van der Waals surface area contributed by atoms with Crippen LogP contribution in [0.15, 0.2) is 24.1 Å². The van der Waals surface area contributed by atoms with Gasteiger partial charge in [0.25, 0.3) is 20.2 Å². The molecule has 0 aromatic heterocycles. The second-order valence-electron chi connectivity index (χ2n) is 2.73. The first-order valence-corrected chi connectivity index (χ1v) is 6.98. The lowest BCUT2D eigenvalue weighted by Crippen LogP contribution is -2.25. The maximum absolute atomic E-state index is 10.8. The average Bonchev–Trinajstić information content (AvgIpc) is 2.13. The van der Waals surface area contributed by atoms with Gasteiger partial charge >= 0.3 is 5.97 Å². The summed E-state index contributed by atoms with van der Waals surface area (Å²) in [6, 6.07) is 0. The summed E-state index contributed by atoms with van der Waals surface area (Å²) >= 11 is 0. The SMILES string of the molecule is C=CC(=O)OCC(C=CS(=O)(=O)O)S(=O)(=O)O. The molecule has 0 aliphatic carbocycles. The summed E-state index contributed by atoms with van der Waals surface area (Å²) in [7, 11) is -9.21. The zero-order valence-electron chi connectivity index (χ0n) is 8.38. The summed E-state index contributed by atoms with van der Waals surface area (Å²) in [6.45, 7) is 2.24. The molecular formula is C7H10O8S2. The number of hydrogen-bond acceptors (Lipinski definition) is 6. The maximum atomic E-state index is 10.8. The molecule has 0 aliphatic heterocycles. The summed E-state index contributed by atoms with van der Waals surface area (Å²) < 4.78 is 63.5. The third-order valence-electron chi connectivity index (χ3n) is 1.40. The van der Waals surface area contributed by atoms with Gasteiger partial charge in [-0.1, -0.05) is 6.58 Å². The van der Waals surface area contributed by atoms with E-state index in [0.717, 1.165) is 6.08 Å². The largest absolute Gasteiger partial charge is 0.461 e. The molecule has 0 saturated heterocycles. The Kier molecular flexibility index (Phi) is 5.48. The van der Waals surface area contributed by atoms with Gasteiger partial charge in [-0.15, -0.1) is 0 Å². The van der Waals surface area contributed by atoms with Gasteiger partial charge in [0.05, 0.1) is 5.41 Å². The number of carbonyl (C=O) groups excluding carboxylic acids is 1. The monoisotopic (exact) mass is 286 g/mol. The predicted octanol–water partition coefficient (Wildman–Crippen LogP) is -0.626. The number of rotatable bonds is 6. The van der Waals surface area contributed by atoms with Gasteiger partial charge in [0.15, 0.2) is 0 Å². The Balaban J connectivity index is 4.87. The highest BCUT2D eigenvalue weighted by Gasteiger charge is 2.22. The minimum absolute atomic E-state index is 0.160. The third-order valence-corrected chi connectivity index (χ3v) is 2.96. The van der Waals surface area contributed by atoms with Crippen LogP contribution in [0.4, 0.5) is 0 Å². The van der Waals surface area contributed by atoms with Crippen molar-refractivity contribution in [3.05, 3.63) is 24.1 Å². The van der Waals surface area contributed by atoms with Gasteiger partial charge in [-0.3, -0.25) is 9.11 Å². The maximum Gasteiger partial charge on any atom is 0.330 e. The van der Waals surface area contributed by atoms with Crippen molar-refractivity contribution >= 4 is 26.2 Å². The second-order valence-corrected chi connectivity index (χ2v) is 5.67. The fourth-order valence-electron chi connectivity index (χ4n) is 0.651. The summed E-state index contributed by atoms with van der Waals surface area (Å²) in [5.41, 5.74) is 0. The predicted molar refractivity (Wildman–Crippen MR) is 57.2 cm³/mol. The summed E-state index contributed by atoms with van der Waals surface area (Å²) in [6.07, 6.45) is 1.23. The Morgan fingerprint density at radius 3 is 2.18 bits per heavy atom. The molecular weight excluding hydrogens is 276 g/mol. The van der Waals surface area contributed by atoms with Gasteiger partial charge in [0, 0.05) is 6.08 Å². The van der Waals surface area contributed by atoms with Crippen molar-refractivity contribution in [1.82, 2.24) is 0 Å². The van der Waals surface area contributed by atoms with Crippen LogP contribution >= 0.6 is 0 Å². The first-order chi connectivity index (χ1) is 7.56. The van der Waals surface area contributed by atoms with E-state index >= 15 is 0 Å². The molecule has 98 valence electrons. The van der Waals surface area contributed by atoms with E-state index in [4.69, 9.17) is 9.11 Å². The van der Waals surface area contributed by atoms with Crippen molar-refractivity contribution in [1.29, 1.82) is 0 Å². The quantitative estimate of drug-likeness (QED) is 0.374. The summed E-state index contributed by atoms with van der Waals surface area (Å²) in [4.78, 5) is 10.6. The van der Waals surface area contributed by atoms with Crippen molar-refractivity contribution in [3.63, 3.8) is 0 Å². The number of carbonyl (C=O) groups is 1. The summed E-state index contributed by atoms with van der Waals surface area (Å²) in [5.74, 6) is -0.945. The van der Waals surface area contributed by atoms with Crippen molar-refractivity contribution < 1.29 is 35.5 Å². The van der Waals surface area contributed by atoms with E-state index in [9.17, 15) is 21.6 Å². The Hall–Kier alpha value is -1.23. The molecule has 0 fully saturated rings. The lowest BCUT2D eigenvalue weighted by atomic mass is 10.4. The Bertz CT molecular complexity index is 512. The van der Waals surface area contributed by atoms with Crippen molar-refractivity contribution in [2.75, 3.05) is 6.61 Å². The molecule has 0 heterocycles. The normalized spacial score (nSPS) is 14.5. The highest BCUT2D eigenvalue weighted by atomic mass is 32.2. The highest BCUT2D eigenvalue weighted by molar-refractivity contribution is 7.89. The van der Waals surface area contributed by atoms with Crippen LogP contribution in [0, 0.1) is 0 Å². The smallest absolute Gasteiger partial charge is 0.330 e. The molecule has 17 heavy (non-hydrogen) atoms. The van der Waals surface area contributed by atoms with Gasteiger partial charge in [-0.25, -0.2) is 4.79 Å². The van der Waals surface area contributed by atoms with Crippen LogP contribution in [-0.4, -0.2) is 43.8 Å². The molecule has 0 saturated carbocycles. The standard InChI is InChI=1S/C7H10O8S2/c1-2-7(8)15-5-6(17(12,13)14)3-4-16(9,10)11/h2-4,6H,1,5H2,(H,9,10,11)(H,12,13,14). The third kappa shape index (κ3) is 7.63. The summed E-state index contributed by atoms with van der Waals surface area (Å²) in [5, 5.41) is -1.64. The van der Waals surface area contributed by atoms with E-state index in [1.807, 2.05) is 0 Å². The molecule has 8 nitrogen and oxygen atoms in total. The lowest BCUT2D eigenvalue weighted by molar-refractivity contribution is -0.137. The minimum Gasteiger partial charge on any atom is -0.461 e. The molecule has 0 radical (unpaired) electrons. The van der Waals surface area contributed by atoms with Crippen LogP contribution in [-0.2, 0) is 29.8 Å². The first-order valence-electron chi connectivity index (χ1n) is 3.97. The fraction of sp³-hybridized carbons (Fsp3) is 0.286. The van der Waals surface area contributed by atoms with Gasteiger partial charge < -0.3 is 4.74 Å². The van der Waals surface area contributed by atoms with E-state index < -0.39 is 38.1 Å². The molecule has 0 aromatic rings. The minimum atomic E-state index is -4.67. The van der Waals surface area contributed by atoms with Gasteiger partial charge in [0.2, 0.25) is 0 Å². The molecule has 0 bridgehead atoms. The Labute approximate surface area is 98.1 Å². The van der Waals surface area contributed by atoms with Crippen LogP contribution < -0.4 is 0 Å². The lowest BCUT2D eigenvalue weighted by Gasteiger charge is -2.08. The van der Waals surface area contributed by atoms with E-state index in [-0.39, 0.29) is 5.41 Å². The number of ether oxygens (including phenoxy) is 1. The molecule has 1 atom stereocenters. The van der Waals surface area contributed by atoms with Crippen molar-refractivity contribution in [3.8, 4) is 0 Å². The van der Waals surface area contributed by atoms with Crippen LogP contribution in [0.25, 0.3) is 0 Å². The van der Waals surface area contributed by atoms with Crippen molar-refractivity contribution in [2.45, 2.75) is 5.25 Å². The van der Waals surface area contributed by atoms with Crippen LogP contribution in [0.5, 0.6) is 0 Å².